The predicted octanol–water partition coefficient (Wildman–Crippen LogP) is 6.18. The highest BCUT2D eigenvalue weighted by molar-refractivity contribution is 7.98. The number of aliphatic carboxylic acids is 1. The van der Waals surface area contributed by atoms with Crippen LogP contribution in [0.3, 0.4) is 0 Å². The number of carbonyl (C=O) groups excluding carboxylic acids is 2. The van der Waals surface area contributed by atoms with Crippen LogP contribution in [0.4, 0.5) is 4.79 Å². The van der Waals surface area contributed by atoms with E-state index in [0.717, 1.165) is 12.1 Å². The molecule has 0 saturated heterocycles. The molecule has 2 fully saturated rings. The number of ether oxygens (including phenoxy) is 1. The van der Waals surface area contributed by atoms with Crippen LogP contribution in [0, 0.1) is 0 Å². The lowest BCUT2D eigenvalue weighted by atomic mass is 9.91. The zero-order chi connectivity index (χ0) is 30.1. The van der Waals surface area contributed by atoms with Crippen LogP contribution < -0.4 is 10.6 Å². The average Bonchev–Trinajstić information content (AvgIpc) is 2.92. The van der Waals surface area contributed by atoms with E-state index in [1.807, 2.05) is 6.26 Å². The maximum Gasteiger partial charge on any atom is 0.408 e. The van der Waals surface area contributed by atoms with Gasteiger partial charge in [0.15, 0.2) is 0 Å². The molecular formula is C31H50N2O7S. The van der Waals surface area contributed by atoms with Gasteiger partial charge in [-0.05, 0) is 76.0 Å². The van der Waals surface area contributed by atoms with Crippen molar-refractivity contribution in [1.29, 1.82) is 0 Å². The van der Waals surface area contributed by atoms with Crippen molar-refractivity contribution >= 4 is 29.8 Å². The fourth-order valence-electron chi connectivity index (χ4n) is 4.95. The molecule has 2 saturated carbocycles. The molecule has 0 bridgehead atoms. The van der Waals surface area contributed by atoms with Crippen LogP contribution in [-0.2, 0) is 37.1 Å². The molecule has 0 aliphatic heterocycles. The summed E-state index contributed by atoms with van der Waals surface area (Å²) in [5.74, 6) is -0.991. The third-order valence-corrected chi connectivity index (χ3v) is 7.66. The maximum absolute atomic E-state index is 12.2. The molecule has 1 aromatic carbocycles. The minimum Gasteiger partial charge on any atom is -0.481 e. The van der Waals surface area contributed by atoms with Crippen LogP contribution in [0.15, 0.2) is 24.3 Å². The minimum absolute atomic E-state index is 0.000771. The number of hydrogen-bond donors (Lipinski definition) is 3. The average molecular weight is 595 g/mol. The summed E-state index contributed by atoms with van der Waals surface area (Å²) in [6.45, 7) is 5.19. The summed E-state index contributed by atoms with van der Waals surface area (Å²) >= 11 is 1.53. The van der Waals surface area contributed by atoms with Crippen LogP contribution in [0.25, 0.3) is 0 Å². The molecule has 41 heavy (non-hydrogen) atoms. The van der Waals surface area contributed by atoms with Gasteiger partial charge in [0.05, 0.1) is 6.42 Å². The van der Waals surface area contributed by atoms with E-state index >= 15 is 0 Å². The fourth-order valence-corrected chi connectivity index (χ4v) is 5.42. The van der Waals surface area contributed by atoms with Crippen LogP contribution in [-0.4, -0.2) is 58.9 Å². The largest absolute Gasteiger partial charge is 0.481 e. The lowest BCUT2D eigenvalue weighted by molar-refractivity contribution is -0.281. The smallest absolute Gasteiger partial charge is 0.408 e. The topological polar surface area (TPSA) is 123 Å². The van der Waals surface area contributed by atoms with Gasteiger partial charge in [0.1, 0.15) is 18.2 Å². The van der Waals surface area contributed by atoms with Crippen LogP contribution in [0.5, 0.6) is 0 Å². The van der Waals surface area contributed by atoms with E-state index in [9.17, 15) is 14.4 Å². The van der Waals surface area contributed by atoms with Crippen LogP contribution in [0.1, 0.15) is 103 Å². The summed E-state index contributed by atoms with van der Waals surface area (Å²) in [6.07, 6.45) is 16.1. The molecule has 2 aliphatic rings. The van der Waals surface area contributed by atoms with E-state index in [-0.39, 0.29) is 13.0 Å². The molecule has 10 heteroatoms. The number of carboxylic acids is 1. The van der Waals surface area contributed by atoms with E-state index in [1.54, 1.807) is 45.0 Å². The number of nitrogens with one attached hydrogen (secondary N) is 2. The first kappa shape index (κ1) is 34.9. The molecule has 1 aromatic rings. The first-order valence-electron chi connectivity index (χ1n) is 14.9. The highest BCUT2D eigenvalue weighted by Gasteiger charge is 2.26. The fraction of sp³-hybridized carbons (Fsp3) is 0.710. The summed E-state index contributed by atoms with van der Waals surface area (Å²) in [5.41, 5.74) is 0.691. The standard InChI is InChI=1S/C19H27NO7S.C12H23N/c1-19(2,3)26-18(24)20-15(9-10-28-4)17(23)27-25-12-14-7-5-13(6-8-14)11-16(21)22;1-3-7-11(8-4-1)13-12-9-5-2-6-10-12/h5-8,15H,9-12H2,1-4H3,(H,20,24)(H,21,22);11-13H,1-10H2/t15-;/m1./s1. The number of rotatable bonds is 12. The van der Waals surface area contributed by atoms with Gasteiger partial charge in [0, 0.05) is 12.1 Å². The summed E-state index contributed by atoms with van der Waals surface area (Å²) < 4.78 is 5.16. The molecule has 0 radical (unpaired) electrons. The van der Waals surface area contributed by atoms with E-state index in [2.05, 4.69) is 10.6 Å². The van der Waals surface area contributed by atoms with Crippen molar-refractivity contribution in [2.75, 3.05) is 12.0 Å². The van der Waals surface area contributed by atoms with Gasteiger partial charge in [0.25, 0.3) is 0 Å². The molecule has 0 spiro atoms. The number of carboxylic acid groups (broad SMARTS) is 1. The van der Waals surface area contributed by atoms with Crippen molar-refractivity contribution in [3.63, 3.8) is 0 Å². The van der Waals surface area contributed by atoms with E-state index in [4.69, 9.17) is 19.6 Å². The predicted molar refractivity (Wildman–Crippen MR) is 162 cm³/mol. The monoisotopic (exact) mass is 594 g/mol. The second kappa shape index (κ2) is 19.0. The zero-order valence-electron chi connectivity index (χ0n) is 25.2. The molecule has 0 unspecified atom stereocenters. The molecule has 9 nitrogen and oxygen atoms in total. The van der Waals surface area contributed by atoms with Crippen molar-refractivity contribution in [1.82, 2.24) is 10.6 Å². The number of hydrogen-bond acceptors (Lipinski definition) is 8. The van der Waals surface area contributed by atoms with E-state index in [0.29, 0.717) is 23.3 Å². The molecule has 232 valence electrons. The van der Waals surface area contributed by atoms with Crippen molar-refractivity contribution < 1.29 is 34.0 Å². The lowest BCUT2D eigenvalue weighted by Crippen LogP contribution is -2.44. The maximum atomic E-state index is 12.2. The molecular weight excluding hydrogens is 544 g/mol. The van der Waals surface area contributed by atoms with Crippen molar-refractivity contribution in [3.8, 4) is 0 Å². The van der Waals surface area contributed by atoms with Gasteiger partial charge in [-0.15, -0.1) is 0 Å². The Balaban J connectivity index is 0.000000372. The Kier molecular flexibility index (Phi) is 16.2. The highest BCUT2D eigenvalue weighted by Crippen LogP contribution is 2.22. The zero-order valence-corrected chi connectivity index (χ0v) is 26.1. The van der Waals surface area contributed by atoms with Crippen molar-refractivity contribution in [2.45, 2.75) is 128 Å². The number of benzene rings is 1. The SMILES string of the molecule is C1CCC(NC2CCCCC2)CC1.CSCC[C@@H](NC(=O)OC(C)(C)C)C(=O)OOCc1ccc(CC(=O)O)cc1. The van der Waals surface area contributed by atoms with Crippen molar-refractivity contribution in [3.05, 3.63) is 35.4 Å². The summed E-state index contributed by atoms with van der Waals surface area (Å²) in [5, 5.41) is 15.1. The Bertz CT molecular complexity index is 892. The third kappa shape index (κ3) is 16.1. The van der Waals surface area contributed by atoms with Gasteiger partial charge in [-0.2, -0.15) is 16.6 Å². The van der Waals surface area contributed by atoms with Gasteiger partial charge < -0.3 is 20.5 Å². The Morgan fingerprint density at radius 2 is 1.46 bits per heavy atom. The van der Waals surface area contributed by atoms with Gasteiger partial charge in [-0.25, -0.2) is 9.59 Å². The number of alkyl carbamates (subject to hydrolysis) is 1. The Labute approximate surface area is 249 Å². The Morgan fingerprint density at radius 1 is 0.927 bits per heavy atom. The first-order chi connectivity index (χ1) is 19.6. The molecule has 3 N–H and O–H groups in total. The molecule has 1 atom stereocenters. The van der Waals surface area contributed by atoms with Gasteiger partial charge in [-0.1, -0.05) is 62.8 Å². The summed E-state index contributed by atoms with van der Waals surface area (Å²) in [4.78, 5) is 44.6. The number of carbonyl (C=O) groups is 3. The van der Waals surface area contributed by atoms with E-state index < -0.39 is 29.7 Å². The summed E-state index contributed by atoms with van der Waals surface area (Å²) in [7, 11) is 0. The first-order valence-corrected chi connectivity index (χ1v) is 16.3. The Morgan fingerprint density at radius 3 is 1.95 bits per heavy atom. The molecule has 2 aliphatic carbocycles. The quantitative estimate of drug-likeness (QED) is 0.192. The second-order valence-corrected chi connectivity index (χ2v) is 12.9. The highest BCUT2D eigenvalue weighted by atomic mass is 32.2. The second-order valence-electron chi connectivity index (χ2n) is 11.9. The third-order valence-electron chi connectivity index (χ3n) is 7.01. The van der Waals surface area contributed by atoms with Crippen LogP contribution >= 0.6 is 11.8 Å². The molecule has 0 heterocycles. The molecule has 1 amide bonds. The van der Waals surface area contributed by atoms with Crippen molar-refractivity contribution in [2.24, 2.45) is 0 Å². The van der Waals surface area contributed by atoms with Gasteiger partial charge in [0.2, 0.25) is 0 Å². The molecule has 0 aromatic heterocycles. The van der Waals surface area contributed by atoms with E-state index in [1.165, 1.54) is 76.0 Å². The molecule has 3 rings (SSSR count). The van der Waals surface area contributed by atoms with Gasteiger partial charge in [-0.3, -0.25) is 9.68 Å². The van der Waals surface area contributed by atoms with Crippen LogP contribution in [0.2, 0.25) is 0 Å². The Hall–Kier alpha value is -2.30. The summed E-state index contributed by atoms with van der Waals surface area (Å²) in [6, 6.07) is 7.57. The van der Waals surface area contributed by atoms with Gasteiger partial charge >= 0.3 is 18.0 Å². The lowest BCUT2D eigenvalue weighted by Gasteiger charge is -2.30. The normalized spacial score (nSPS) is 17.1. The number of thioether (sulfide) groups is 1. The minimum atomic E-state index is -0.910. The number of amides is 1.